The predicted molar refractivity (Wildman–Crippen MR) is 69.8 cm³/mol. The van der Waals surface area contributed by atoms with E-state index < -0.39 is 25.5 Å². The van der Waals surface area contributed by atoms with Gasteiger partial charge >= 0.3 is 0 Å². The van der Waals surface area contributed by atoms with Crippen molar-refractivity contribution < 1.29 is 18.1 Å². The standard InChI is InChI=1S/C10H11N5O5S/c1-14-6-12-13-10(14)5-20-8-3-2-7(15(16)17)4-9(8)21(11,18)19/h2-4,6H,5H2,1H3,(H2,11,18,19). The van der Waals surface area contributed by atoms with E-state index in [0.29, 0.717) is 5.82 Å². The highest BCUT2D eigenvalue weighted by Crippen LogP contribution is 2.27. The lowest BCUT2D eigenvalue weighted by molar-refractivity contribution is -0.385. The molecular formula is C10H11N5O5S. The van der Waals surface area contributed by atoms with Crippen molar-refractivity contribution >= 4 is 15.7 Å². The number of hydrogen-bond acceptors (Lipinski definition) is 7. The van der Waals surface area contributed by atoms with Crippen LogP contribution in [0.15, 0.2) is 29.4 Å². The Balaban J connectivity index is 2.35. The first kappa shape index (κ1) is 14.9. The van der Waals surface area contributed by atoms with Gasteiger partial charge in [0, 0.05) is 19.2 Å². The summed E-state index contributed by atoms with van der Waals surface area (Å²) < 4.78 is 29.9. The fourth-order valence-corrected chi connectivity index (χ4v) is 2.22. The lowest BCUT2D eigenvalue weighted by Gasteiger charge is -2.09. The number of non-ortho nitro benzene ring substituents is 1. The molecule has 0 aliphatic heterocycles. The van der Waals surface area contributed by atoms with Crippen molar-refractivity contribution in [2.24, 2.45) is 12.2 Å². The molecule has 1 heterocycles. The Morgan fingerprint density at radius 2 is 2.19 bits per heavy atom. The van der Waals surface area contributed by atoms with Crippen molar-refractivity contribution in [2.45, 2.75) is 11.5 Å². The van der Waals surface area contributed by atoms with E-state index in [1.807, 2.05) is 0 Å². The van der Waals surface area contributed by atoms with E-state index in [4.69, 9.17) is 9.88 Å². The molecular weight excluding hydrogens is 302 g/mol. The van der Waals surface area contributed by atoms with Crippen LogP contribution in [0.3, 0.4) is 0 Å². The molecule has 11 heteroatoms. The van der Waals surface area contributed by atoms with Crippen molar-refractivity contribution in [1.82, 2.24) is 14.8 Å². The average molecular weight is 313 g/mol. The normalized spacial score (nSPS) is 11.3. The van der Waals surface area contributed by atoms with Gasteiger partial charge in [0.1, 0.15) is 23.6 Å². The number of aromatic nitrogens is 3. The van der Waals surface area contributed by atoms with Gasteiger partial charge in [-0.25, -0.2) is 13.6 Å². The number of nitrogens with two attached hydrogens (primary N) is 1. The highest BCUT2D eigenvalue weighted by Gasteiger charge is 2.20. The monoisotopic (exact) mass is 313 g/mol. The SMILES string of the molecule is Cn1cnnc1COc1ccc([N+](=O)[O-])cc1S(N)(=O)=O. The summed E-state index contributed by atoms with van der Waals surface area (Å²) in [5.74, 6) is 0.361. The molecule has 0 atom stereocenters. The van der Waals surface area contributed by atoms with Gasteiger partial charge in [0.2, 0.25) is 10.0 Å². The van der Waals surface area contributed by atoms with Gasteiger partial charge in [-0.2, -0.15) is 0 Å². The second-order valence-electron chi connectivity index (χ2n) is 4.08. The Morgan fingerprint density at radius 3 is 2.71 bits per heavy atom. The summed E-state index contributed by atoms with van der Waals surface area (Å²) in [6, 6.07) is 3.15. The van der Waals surface area contributed by atoms with E-state index >= 15 is 0 Å². The van der Waals surface area contributed by atoms with Gasteiger partial charge < -0.3 is 9.30 Å². The largest absolute Gasteiger partial charge is 0.484 e. The molecule has 0 bridgehead atoms. The van der Waals surface area contributed by atoms with Crippen LogP contribution in [0, 0.1) is 10.1 Å². The van der Waals surface area contributed by atoms with Gasteiger partial charge in [-0.3, -0.25) is 10.1 Å². The molecule has 0 amide bonds. The minimum Gasteiger partial charge on any atom is -0.484 e. The molecule has 2 aromatic rings. The van der Waals surface area contributed by atoms with Crippen LogP contribution in [0.2, 0.25) is 0 Å². The minimum absolute atomic E-state index is 0.0587. The third-order valence-electron chi connectivity index (χ3n) is 2.61. The van der Waals surface area contributed by atoms with Crippen LogP contribution in [0.25, 0.3) is 0 Å². The first-order chi connectivity index (χ1) is 9.79. The second-order valence-corrected chi connectivity index (χ2v) is 5.61. The summed E-state index contributed by atoms with van der Waals surface area (Å²) in [6.45, 7) is -0.0587. The first-order valence-electron chi connectivity index (χ1n) is 5.56. The Kier molecular flexibility index (Phi) is 3.86. The molecule has 0 saturated carbocycles. The van der Waals surface area contributed by atoms with Crippen LogP contribution >= 0.6 is 0 Å². The maximum absolute atomic E-state index is 11.5. The summed E-state index contributed by atoms with van der Waals surface area (Å²) in [5.41, 5.74) is -0.398. The van der Waals surface area contributed by atoms with Crippen LogP contribution < -0.4 is 9.88 Å². The van der Waals surface area contributed by atoms with E-state index in [1.54, 1.807) is 11.6 Å². The quantitative estimate of drug-likeness (QED) is 0.602. The van der Waals surface area contributed by atoms with E-state index in [1.165, 1.54) is 12.4 Å². The van der Waals surface area contributed by atoms with Crippen molar-refractivity contribution in [3.8, 4) is 5.75 Å². The number of sulfonamides is 1. The molecule has 1 aromatic carbocycles. The molecule has 10 nitrogen and oxygen atoms in total. The molecule has 0 unspecified atom stereocenters. The Morgan fingerprint density at radius 1 is 1.48 bits per heavy atom. The average Bonchev–Trinajstić information content (AvgIpc) is 2.80. The van der Waals surface area contributed by atoms with Crippen LogP contribution in [0.4, 0.5) is 5.69 Å². The molecule has 0 fully saturated rings. The summed E-state index contributed by atoms with van der Waals surface area (Å²) in [5, 5.41) is 23.1. The number of rotatable bonds is 5. The van der Waals surface area contributed by atoms with E-state index in [-0.39, 0.29) is 12.4 Å². The highest BCUT2D eigenvalue weighted by molar-refractivity contribution is 7.89. The third-order valence-corrected chi connectivity index (χ3v) is 3.54. The van der Waals surface area contributed by atoms with Gasteiger partial charge in [0.15, 0.2) is 5.82 Å². The molecule has 0 spiro atoms. The molecule has 0 saturated heterocycles. The summed E-state index contributed by atoms with van der Waals surface area (Å²) in [7, 11) is -2.47. The number of nitrogens with zero attached hydrogens (tertiary/aromatic N) is 4. The summed E-state index contributed by atoms with van der Waals surface area (Å²) in [4.78, 5) is 9.51. The zero-order chi connectivity index (χ0) is 15.6. The Hall–Kier alpha value is -2.53. The number of nitro groups is 1. The molecule has 112 valence electrons. The van der Waals surface area contributed by atoms with Gasteiger partial charge in [0.05, 0.1) is 4.92 Å². The Bertz CT molecular complexity index is 785. The molecule has 0 aliphatic rings. The van der Waals surface area contributed by atoms with Gasteiger partial charge in [-0.1, -0.05) is 0 Å². The van der Waals surface area contributed by atoms with Crippen molar-refractivity contribution in [3.05, 3.63) is 40.5 Å². The fourth-order valence-electron chi connectivity index (χ4n) is 1.53. The molecule has 2 rings (SSSR count). The van der Waals surface area contributed by atoms with Crippen LogP contribution in [0.1, 0.15) is 5.82 Å². The number of hydrogen-bond donors (Lipinski definition) is 1. The van der Waals surface area contributed by atoms with E-state index in [0.717, 1.165) is 12.1 Å². The second kappa shape index (κ2) is 5.46. The number of benzene rings is 1. The smallest absolute Gasteiger partial charge is 0.271 e. The minimum atomic E-state index is -4.16. The van der Waals surface area contributed by atoms with Crippen molar-refractivity contribution in [3.63, 3.8) is 0 Å². The van der Waals surface area contributed by atoms with Gasteiger partial charge in [0.25, 0.3) is 5.69 Å². The highest BCUT2D eigenvalue weighted by atomic mass is 32.2. The van der Waals surface area contributed by atoms with Crippen LogP contribution in [-0.2, 0) is 23.7 Å². The van der Waals surface area contributed by atoms with Crippen LogP contribution in [-0.4, -0.2) is 28.1 Å². The molecule has 2 N–H and O–H groups in total. The number of nitro benzene ring substituents is 1. The topological polar surface area (TPSA) is 143 Å². The van der Waals surface area contributed by atoms with E-state index in [2.05, 4.69) is 10.2 Å². The molecule has 0 aliphatic carbocycles. The predicted octanol–water partition coefficient (Wildman–Crippen LogP) is -0.0503. The van der Waals surface area contributed by atoms with Gasteiger partial charge in [-0.05, 0) is 6.07 Å². The summed E-state index contributed by atoms with van der Waals surface area (Å²) in [6.07, 6.45) is 1.45. The fraction of sp³-hybridized carbons (Fsp3) is 0.200. The zero-order valence-electron chi connectivity index (χ0n) is 10.8. The molecule has 1 aromatic heterocycles. The number of aryl methyl sites for hydroxylation is 1. The first-order valence-corrected chi connectivity index (χ1v) is 7.10. The maximum atomic E-state index is 11.5. The number of primary sulfonamides is 1. The maximum Gasteiger partial charge on any atom is 0.271 e. The van der Waals surface area contributed by atoms with Crippen LogP contribution in [0.5, 0.6) is 5.75 Å². The van der Waals surface area contributed by atoms with Crippen molar-refractivity contribution in [1.29, 1.82) is 0 Å². The van der Waals surface area contributed by atoms with E-state index in [9.17, 15) is 18.5 Å². The number of ether oxygens (including phenoxy) is 1. The molecule has 0 radical (unpaired) electrons. The lowest BCUT2D eigenvalue weighted by atomic mass is 10.3. The Labute approximate surface area is 119 Å². The summed E-state index contributed by atoms with van der Waals surface area (Å²) >= 11 is 0. The zero-order valence-corrected chi connectivity index (χ0v) is 11.6. The van der Waals surface area contributed by atoms with Crippen molar-refractivity contribution in [2.75, 3.05) is 0 Å². The molecule has 21 heavy (non-hydrogen) atoms. The lowest BCUT2D eigenvalue weighted by Crippen LogP contribution is -2.14. The third kappa shape index (κ3) is 3.32. The van der Waals surface area contributed by atoms with Gasteiger partial charge in [-0.15, -0.1) is 10.2 Å².